The highest BCUT2D eigenvalue weighted by Gasteiger charge is 2.23. The molecule has 1 aliphatic heterocycles. The van der Waals surface area contributed by atoms with E-state index < -0.39 is 0 Å². The Morgan fingerprint density at radius 1 is 1.31 bits per heavy atom. The summed E-state index contributed by atoms with van der Waals surface area (Å²) in [6.07, 6.45) is 4.54. The average Bonchev–Trinajstić information content (AvgIpc) is 3.39. The van der Waals surface area contributed by atoms with Crippen molar-refractivity contribution in [1.82, 2.24) is 4.98 Å². The summed E-state index contributed by atoms with van der Waals surface area (Å²) in [5.41, 5.74) is 2.97. The van der Waals surface area contributed by atoms with Crippen LogP contribution in [0, 0.1) is 6.92 Å². The van der Waals surface area contributed by atoms with Crippen molar-refractivity contribution in [1.29, 1.82) is 0 Å². The van der Waals surface area contributed by atoms with Crippen molar-refractivity contribution in [2.75, 3.05) is 16.8 Å². The zero-order valence-electron chi connectivity index (χ0n) is 17.5. The molecule has 0 spiro atoms. The van der Waals surface area contributed by atoms with E-state index in [1.54, 1.807) is 40.5 Å². The molecule has 0 bridgehead atoms. The summed E-state index contributed by atoms with van der Waals surface area (Å²) in [7, 11) is 0. The topological polar surface area (TPSA) is 71.5 Å². The Kier molecular flexibility index (Phi) is 6.87. The van der Waals surface area contributed by atoms with E-state index in [1.807, 2.05) is 36.6 Å². The second kappa shape index (κ2) is 9.97. The first-order chi connectivity index (χ1) is 15.5. The third-order valence-electron chi connectivity index (χ3n) is 4.92. The number of carbonyl (C=O) groups excluding carboxylic acids is 2. The molecular formula is C24H22ClN3O3S. The molecule has 1 aromatic heterocycles. The van der Waals surface area contributed by atoms with Crippen LogP contribution in [-0.2, 0) is 16.2 Å². The predicted octanol–water partition coefficient (Wildman–Crippen LogP) is 5.46. The van der Waals surface area contributed by atoms with Gasteiger partial charge in [0.15, 0.2) is 0 Å². The number of carbonyl (C=O) groups is 2. The number of rotatable bonds is 7. The summed E-state index contributed by atoms with van der Waals surface area (Å²) in [4.78, 5) is 30.3. The van der Waals surface area contributed by atoms with Crippen LogP contribution in [0.4, 0.5) is 11.4 Å². The van der Waals surface area contributed by atoms with Crippen LogP contribution >= 0.6 is 22.9 Å². The van der Waals surface area contributed by atoms with Crippen molar-refractivity contribution >= 4 is 52.2 Å². The molecule has 0 unspecified atom stereocenters. The summed E-state index contributed by atoms with van der Waals surface area (Å²) >= 11 is 7.93. The van der Waals surface area contributed by atoms with E-state index in [4.69, 9.17) is 16.3 Å². The zero-order valence-corrected chi connectivity index (χ0v) is 19.1. The Bertz CT molecular complexity index is 1170. The minimum atomic E-state index is -0.282. The van der Waals surface area contributed by atoms with Crippen LogP contribution in [0.1, 0.15) is 29.1 Å². The maximum atomic E-state index is 12.3. The summed E-state index contributed by atoms with van der Waals surface area (Å²) in [5.74, 6) is 0.493. The van der Waals surface area contributed by atoms with Gasteiger partial charge < -0.3 is 15.0 Å². The maximum Gasteiger partial charge on any atom is 0.248 e. The number of aryl methyl sites for hydroxylation is 1. The van der Waals surface area contributed by atoms with Crippen LogP contribution in [0.5, 0.6) is 5.75 Å². The van der Waals surface area contributed by atoms with E-state index in [9.17, 15) is 9.59 Å². The predicted molar refractivity (Wildman–Crippen MR) is 128 cm³/mol. The molecule has 3 aromatic rings. The van der Waals surface area contributed by atoms with Gasteiger partial charge in [0.1, 0.15) is 12.4 Å². The first-order valence-electron chi connectivity index (χ1n) is 10.2. The van der Waals surface area contributed by atoms with Gasteiger partial charge in [-0.15, -0.1) is 11.3 Å². The molecule has 1 N–H and O–H groups in total. The van der Waals surface area contributed by atoms with Crippen molar-refractivity contribution in [2.45, 2.75) is 26.4 Å². The molecule has 2 heterocycles. The lowest BCUT2D eigenvalue weighted by Gasteiger charge is -2.17. The second-order valence-corrected chi connectivity index (χ2v) is 8.83. The largest absolute Gasteiger partial charge is 0.487 e. The van der Waals surface area contributed by atoms with Gasteiger partial charge in [0.25, 0.3) is 0 Å². The molecule has 8 heteroatoms. The summed E-state index contributed by atoms with van der Waals surface area (Å²) in [5, 5.41) is 6.21. The molecule has 1 saturated heterocycles. The van der Waals surface area contributed by atoms with Gasteiger partial charge in [0, 0.05) is 30.1 Å². The van der Waals surface area contributed by atoms with E-state index in [1.165, 1.54) is 6.08 Å². The van der Waals surface area contributed by atoms with Crippen LogP contribution in [0.15, 0.2) is 53.9 Å². The van der Waals surface area contributed by atoms with Crippen molar-refractivity contribution in [3.63, 3.8) is 0 Å². The van der Waals surface area contributed by atoms with Crippen molar-refractivity contribution in [3.8, 4) is 5.75 Å². The fourth-order valence-corrected chi connectivity index (χ4v) is 4.28. The van der Waals surface area contributed by atoms with E-state index >= 15 is 0 Å². The number of hydrogen-bond donors (Lipinski definition) is 1. The lowest BCUT2D eigenvalue weighted by molar-refractivity contribution is -0.117. The van der Waals surface area contributed by atoms with Crippen LogP contribution in [0.3, 0.4) is 0 Å². The Morgan fingerprint density at radius 2 is 2.19 bits per heavy atom. The van der Waals surface area contributed by atoms with Gasteiger partial charge in [-0.1, -0.05) is 23.7 Å². The Balaban J connectivity index is 1.35. The third kappa shape index (κ3) is 5.55. The van der Waals surface area contributed by atoms with Crippen LogP contribution in [0.25, 0.3) is 6.08 Å². The number of thiazole rings is 1. The quantitative estimate of drug-likeness (QED) is 0.468. The fourth-order valence-electron chi connectivity index (χ4n) is 3.40. The van der Waals surface area contributed by atoms with Crippen molar-refractivity contribution < 1.29 is 14.3 Å². The van der Waals surface area contributed by atoms with Crippen LogP contribution in [-0.4, -0.2) is 23.3 Å². The van der Waals surface area contributed by atoms with Crippen molar-refractivity contribution in [3.05, 3.63) is 75.2 Å². The van der Waals surface area contributed by atoms with Gasteiger partial charge in [-0.3, -0.25) is 9.59 Å². The van der Waals surface area contributed by atoms with E-state index in [0.717, 1.165) is 22.7 Å². The SMILES string of the molecule is Cc1nc(COc2cccc(/C=C/C(=O)Nc3ccc(N4CCCC4=O)c(Cl)c3)c2)cs1. The maximum absolute atomic E-state index is 12.3. The minimum absolute atomic E-state index is 0.0690. The van der Waals surface area contributed by atoms with Gasteiger partial charge in [-0.25, -0.2) is 4.98 Å². The van der Waals surface area contributed by atoms with Gasteiger partial charge in [0.05, 0.1) is 21.4 Å². The first kappa shape index (κ1) is 22.0. The molecule has 0 radical (unpaired) electrons. The standard InChI is InChI=1S/C24H22ClN3O3S/c1-16-26-19(15-32-16)14-31-20-5-2-4-17(12-20)7-10-23(29)27-18-8-9-22(21(25)13-18)28-11-3-6-24(28)30/h2,4-5,7-10,12-13,15H,3,6,11,14H2,1H3,(H,27,29)/b10-7+. The number of halogens is 1. The summed E-state index contributed by atoms with van der Waals surface area (Å²) in [6.45, 7) is 3.03. The average molecular weight is 468 g/mol. The van der Waals surface area contributed by atoms with E-state index in [-0.39, 0.29) is 11.8 Å². The molecule has 2 aromatic carbocycles. The molecular weight excluding hydrogens is 446 g/mol. The van der Waals surface area contributed by atoms with Gasteiger partial charge >= 0.3 is 0 Å². The molecule has 0 saturated carbocycles. The monoisotopic (exact) mass is 467 g/mol. The lowest BCUT2D eigenvalue weighted by Crippen LogP contribution is -2.24. The highest BCUT2D eigenvalue weighted by atomic mass is 35.5. The molecule has 0 aliphatic carbocycles. The molecule has 6 nitrogen and oxygen atoms in total. The number of aromatic nitrogens is 1. The molecule has 2 amide bonds. The fraction of sp³-hybridized carbons (Fsp3) is 0.208. The number of benzene rings is 2. The second-order valence-electron chi connectivity index (χ2n) is 7.36. The molecule has 1 aliphatic rings. The number of amides is 2. The van der Waals surface area contributed by atoms with Crippen LogP contribution < -0.4 is 15.0 Å². The normalized spacial score (nSPS) is 13.7. The lowest BCUT2D eigenvalue weighted by atomic mass is 10.2. The van der Waals surface area contributed by atoms with Gasteiger partial charge in [-0.05, 0) is 55.3 Å². The van der Waals surface area contributed by atoms with E-state index in [0.29, 0.717) is 41.7 Å². The number of ether oxygens (including phenoxy) is 1. The zero-order chi connectivity index (χ0) is 22.5. The van der Waals surface area contributed by atoms with Gasteiger partial charge in [0.2, 0.25) is 11.8 Å². The highest BCUT2D eigenvalue weighted by molar-refractivity contribution is 7.09. The number of anilines is 2. The third-order valence-corrected chi connectivity index (χ3v) is 6.04. The van der Waals surface area contributed by atoms with Crippen molar-refractivity contribution in [2.24, 2.45) is 0 Å². The highest BCUT2D eigenvalue weighted by Crippen LogP contribution is 2.31. The minimum Gasteiger partial charge on any atom is -0.487 e. The number of nitrogens with one attached hydrogen (secondary N) is 1. The first-order valence-corrected chi connectivity index (χ1v) is 11.5. The summed E-state index contributed by atoms with van der Waals surface area (Å²) < 4.78 is 5.79. The Morgan fingerprint density at radius 3 is 2.91 bits per heavy atom. The smallest absolute Gasteiger partial charge is 0.248 e. The van der Waals surface area contributed by atoms with E-state index in [2.05, 4.69) is 10.3 Å². The molecule has 32 heavy (non-hydrogen) atoms. The van der Waals surface area contributed by atoms with Crippen LogP contribution in [0.2, 0.25) is 5.02 Å². The summed E-state index contributed by atoms with van der Waals surface area (Å²) in [6, 6.07) is 12.7. The van der Waals surface area contributed by atoms with Gasteiger partial charge in [-0.2, -0.15) is 0 Å². The molecule has 1 fully saturated rings. The molecule has 0 atom stereocenters. The Labute approximate surface area is 195 Å². The Hall–Kier alpha value is -3.16. The molecule has 4 rings (SSSR count). The number of hydrogen-bond acceptors (Lipinski definition) is 5. The molecule has 164 valence electrons. The number of nitrogens with zero attached hydrogens (tertiary/aromatic N) is 2.